The number of hydrogen-bond donors (Lipinski definition) is 0. The van der Waals surface area contributed by atoms with E-state index in [1.165, 1.54) is 0 Å². The molecular weight excluding hydrogens is 366 g/mol. The standard InChI is InChI=1S/C22H25N5O2/c28-22(21-18-27(24-23-21)17-19-7-3-1-4-8-19)26-13-11-25(12-14-26)15-16-29-20-9-5-2-6-10-20/h1-10,18H,11-17H2. The van der Waals surface area contributed by atoms with Gasteiger partial charge in [-0.05, 0) is 17.7 Å². The average molecular weight is 391 g/mol. The maximum Gasteiger partial charge on any atom is 0.276 e. The smallest absolute Gasteiger partial charge is 0.276 e. The van der Waals surface area contributed by atoms with Crippen LogP contribution >= 0.6 is 0 Å². The van der Waals surface area contributed by atoms with E-state index in [2.05, 4.69) is 15.2 Å². The molecule has 7 heteroatoms. The third-order valence-electron chi connectivity index (χ3n) is 5.02. The Hall–Kier alpha value is -3.19. The summed E-state index contributed by atoms with van der Waals surface area (Å²) < 4.78 is 7.47. The SMILES string of the molecule is O=C(c1cn(Cc2ccccc2)nn1)N1CCN(CCOc2ccccc2)CC1. The first-order chi connectivity index (χ1) is 14.3. The first-order valence-corrected chi connectivity index (χ1v) is 9.91. The number of rotatable bonds is 7. The molecule has 150 valence electrons. The Morgan fingerprint density at radius 3 is 2.34 bits per heavy atom. The first kappa shape index (κ1) is 19.1. The van der Waals surface area contributed by atoms with E-state index >= 15 is 0 Å². The number of nitrogens with zero attached hydrogens (tertiary/aromatic N) is 5. The van der Waals surface area contributed by atoms with Crippen molar-refractivity contribution in [3.05, 3.63) is 78.1 Å². The lowest BCUT2D eigenvalue weighted by Gasteiger charge is -2.34. The number of piperazine rings is 1. The van der Waals surface area contributed by atoms with Crippen LogP contribution in [0.1, 0.15) is 16.1 Å². The van der Waals surface area contributed by atoms with Gasteiger partial charge in [0.25, 0.3) is 5.91 Å². The average Bonchev–Trinajstić information content (AvgIpc) is 3.24. The van der Waals surface area contributed by atoms with Crippen LogP contribution in [-0.4, -0.2) is 70.0 Å². The maximum atomic E-state index is 12.7. The third kappa shape index (κ3) is 5.20. The summed E-state index contributed by atoms with van der Waals surface area (Å²) in [7, 11) is 0. The summed E-state index contributed by atoms with van der Waals surface area (Å²) in [5.74, 6) is 0.837. The van der Waals surface area contributed by atoms with E-state index in [9.17, 15) is 4.79 Å². The lowest BCUT2D eigenvalue weighted by atomic mass is 10.2. The summed E-state index contributed by atoms with van der Waals surface area (Å²) in [6, 6.07) is 19.9. The van der Waals surface area contributed by atoms with Crippen LogP contribution in [0.25, 0.3) is 0 Å². The van der Waals surface area contributed by atoms with Gasteiger partial charge in [-0.2, -0.15) is 0 Å². The summed E-state index contributed by atoms with van der Waals surface area (Å²) in [6.45, 7) is 5.15. The molecule has 1 aromatic heterocycles. The van der Waals surface area contributed by atoms with E-state index in [0.717, 1.165) is 30.9 Å². The number of para-hydroxylation sites is 1. The van der Waals surface area contributed by atoms with Crippen molar-refractivity contribution >= 4 is 5.91 Å². The van der Waals surface area contributed by atoms with Crippen molar-refractivity contribution in [2.75, 3.05) is 39.3 Å². The van der Waals surface area contributed by atoms with Gasteiger partial charge in [0.2, 0.25) is 0 Å². The third-order valence-corrected chi connectivity index (χ3v) is 5.02. The van der Waals surface area contributed by atoms with Gasteiger partial charge in [-0.25, -0.2) is 4.68 Å². The molecule has 7 nitrogen and oxygen atoms in total. The molecule has 0 unspecified atom stereocenters. The van der Waals surface area contributed by atoms with Crippen molar-refractivity contribution in [2.24, 2.45) is 0 Å². The number of hydrogen-bond acceptors (Lipinski definition) is 5. The zero-order chi connectivity index (χ0) is 19.9. The van der Waals surface area contributed by atoms with Crippen LogP contribution in [0, 0.1) is 0 Å². The molecule has 0 radical (unpaired) electrons. The van der Waals surface area contributed by atoms with Gasteiger partial charge in [-0.3, -0.25) is 9.69 Å². The highest BCUT2D eigenvalue weighted by atomic mass is 16.5. The molecule has 0 saturated carbocycles. The molecule has 2 aromatic carbocycles. The van der Waals surface area contributed by atoms with Crippen LogP contribution in [0.4, 0.5) is 0 Å². The number of amides is 1. The van der Waals surface area contributed by atoms with Crippen molar-refractivity contribution in [1.29, 1.82) is 0 Å². The van der Waals surface area contributed by atoms with E-state index in [-0.39, 0.29) is 5.91 Å². The van der Waals surface area contributed by atoms with Crippen LogP contribution in [0.5, 0.6) is 5.75 Å². The summed E-state index contributed by atoms with van der Waals surface area (Å²) in [6.07, 6.45) is 1.73. The van der Waals surface area contributed by atoms with Crippen molar-refractivity contribution in [3.8, 4) is 5.75 Å². The Labute approximate surface area is 170 Å². The molecule has 4 rings (SSSR count). The highest BCUT2D eigenvalue weighted by Crippen LogP contribution is 2.10. The van der Waals surface area contributed by atoms with Gasteiger partial charge in [0.05, 0.1) is 12.7 Å². The fraction of sp³-hybridized carbons (Fsp3) is 0.318. The Morgan fingerprint density at radius 1 is 0.931 bits per heavy atom. The molecule has 1 aliphatic heterocycles. The molecule has 0 atom stereocenters. The van der Waals surface area contributed by atoms with E-state index < -0.39 is 0 Å². The highest BCUT2D eigenvalue weighted by Gasteiger charge is 2.24. The van der Waals surface area contributed by atoms with Crippen LogP contribution in [0.3, 0.4) is 0 Å². The van der Waals surface area contributed by atoms with Gasteiger partial charge in [0, 0.05) is 32.7 Å². The quantitative estimate of drug-likeness (QED) is 0.618. The molecule has 29 heavy (non-hydrogen) atoms. The minimum atomic E-state index is -0.0514. The van der Waals surface area contributed by atoms with E-state index in [0.29, 0.717) is 31.9 Å². The van der Waals surface area contributed by atoms with Crippen molar-refractivity contribution in [1.82, 2.24) is 24.8 Å². The number of aromatic nitrogens is 3. The number of ether oxygens (including phenoxy) is 1. The first-order valence-electron chi connectivity index (χ1n) is 9.91. The minimum absolute atomic E-state index is 0.0514. The van der Waals surface area contributed by atoms with Crippen LogP contribution in [-0.2, 0) is 6.54 Å². The van der Waals surface area contributed by atoms with Crippen molar-refractivity contribution < 1.29 is 9.53 Å². The molecule has 3 aromatic rings. The molecule has 2 heterocycles. The fourth-order valence-corrected chi connectivity index (χ4v) is 3.39. The topological polar surface area (TPSA) is 63.5 Å². The van der Waals surface area contributed by atoms with Gasteiger partial charge >= 0.3 is 0 Å². The van der Waals surface area contributed by atoms with E-state index in [1.807, 2.05) is 65.6 Å². The van der Waals surface area contributed by atoms with Gasteiger partial charge in [0.1, 0.15) is 12.4 Å². The zero-order valence-corrected chi connectivity index (χ0v) is 16.4. The minimum Gasteiger partial charge on any atom is -0.492 e. The molecule has 0 spiro atoms. The molecule has 1 fully saturated rings. The second kappa shape index (κ2) is 9.34. The summed E-state index contributed by atoms with van der Waals surface area (Å²) in [5.41, 5.74) is 1.53. The largest absolute Gasteiger partial charge is 0.492 e. The fourth-order valence-electron chi connectivity index (χ4n) is 3.39. The Balaban J connectivity index is 1.23. The Morgan fingerprint density at radius 2 is 1.62 bits per heavy atom. The molecule has 0 bridgehead atoms. The van der Waals surface area contributed by atoms with Gasteiger partial charge in [-0.1, -0.05) is 53.7 Å². The zero-order valence-electron chi connectivity index (χ0n) is 16.4. The second-order valence-electron chi connectivity index (χ2n) is 7.08. The molecule has 0 aliphatic carbocycles. The van der Waals surface area contributed by atoms with Gasteiger partial charge < -0.3 is 9.64 Å². The van der Waals surface area contributed by atoms with Crippen LogP contribution in [0.15, 0.2) is 66.9 Å². The van der Waals surface area contributed by atoms with Crippen molar-refractivity contribution in [2.45, 2.75) is 6.54 Å². The maximum absolute atomic E-state index is 12.7. The predicted molar refractivity (Wildman–Crippen MR) is 110 cm³/mol. The molecular formula is C22H25N5O2. The van der Waals surface area contributed by atoms with E-state index in [1.54, 1.807) is 10.9 Å². The molecule has 1 saturated heterocycles. The number of carbonyl (C=O) groups excluding carboxylic acids is 1. The Bertz CT molecular complexity index is 905. The van der Waals surface area contributed by atoms with Gasteiger partial charge in [0.15, 0.2) is 5.69 Å². The number of carbonyl (C=O) groups is 1. The Kier molecular flexibility index (Phi) is 6.16. The molecule has 1 aliphatic rings. The van der Waals surface area contributed by atoms with E-state index in [4.69, 9.17) is 4.74 Å². The highest BCUT2D eigenvalue weighted by molar-refractivity contribution is 5.92. The molecule has 1 amide bonds. The monoisotopic (exact) mass is 391 g/mol. The van der Waals surface area contributed by atoms with Crippen LogP contribution in [0.2, 0.25) is 0 Å². The second-order valence-corrected chi connectivity index (χ2v) is 7.08. The lowest BCUT2D eigenvalue weighted by molar-refractivity contribution is 0.0614. The molecule has 0 N–H and O–H groups in total. The summed E-state index contributed by atoms with van der Waals surface area (Å²) in [4.78, 5) is 16.9. The van der Waals surface area contributed by atoms with Crippen molar-refractivity contribution in [3.63, 3.8) is 0 Å². The predicted octanol–water partition coefficient (Wildman–Crippen LogP) is 2.16. The lowest BCUT2D eigenvalue weighted by Crippen LogP contribution is -2.49. The van der Waals surface area contributed by atoms with Crippen LogP contribution < -0.4 is 4.74 Å². The number of benzene rings is 2. The normalized spacial score (nSPS) is 14.7. The van der Waals surface area contributed by atoms with Gasteiger partial charge in [-0.15, -0.1) is 5.10 Å². The summed E-state index contributed by atoms with van der Waals surface area (Å²) in [5, 5.41) is 8.18. The summed E-state index contributed by atoms with van der Waals surface area (Å²) >= 11 is 0.